The van der Waals surface area contributed by atoms with Gasteiger partial charge in [0.2, 0.25) is 0 Å². The molecule has 0 aromatic carbocycles. The van der Waals surface area contributed by atoms with Crippen LogP contribution in [0, 0.1) is 71.0 Å². The van der Waals surface area contributed by atoms with Gasteiger partial charge in [-0.25, -0.2) is 0 Å². The Morgan fingerprint density at radius 3 is 1.70 bits per heavy atom. The molecule has 164 valence electrons. The molecule has 0 bridgehead atoms. The van der Waals surface area contributed by atoms with Gasteiger partial charge < -0.3 is 0 Å². The topological polar surface area (TPSA) is 34.1 Å². The molecule has 7 fully saturated rings. The van der Waals surface area contributed by atoms with Gasteiger partial charge in [-0.15, -0.1) is 0 Å². The van der Waals surface area contributed by atoms with E-state index in [1.54, 1.807) is 0 Å². The highest BCUT2D eigenvalue weighted by Crippen LogP contribution is 2.68. The Kier molecular flexibility index (Phi) is 4.35. The number of hydrogen-bond acceptors (Lipinski definition) is 2. The summed E-state index contributed by atoms with van der Waals surface area (Å²) < 4.78 is 0. The Morgan fingerprint density at radius 1 is 0.400 bits per heavy atom. The molecule has 0 aliphatic heterocycles. The van der Waals surface area contributed by atoms with Crippen molar-refractivity contribution in [1.82, 2.24) is 0 Å². The van der Waals surface area contributed by atoms with Gasteiger partial charge in [-0.05, 0) is 98.7 Å². The average molecular weight is 409 g/mol. The summed E-state index contributed by atoms with van der Waals surface area (Å²) in [4.78, 5) is 27.2. The number of carbonyl (C=O) groups excluding carboxylic acids is 2. The summed E-state index contributed by atoms with van der Waals surface area (Å²) in [6, 6.07) is 0. The summed E-state index contributed by atoms with van der Waals surface area (Å²) in [5, 5.41) is 0. The highest BCUT2D eigenvalue weighted by molar-refractivity contribution is 5.88. The normalized spacial score (nSPS) is 56.9. The summed E-state index contributed by atoms with van der Waals surface area (Å²) in [5.41, 5.74) is 0. The fourth-order valence-electron chi connectivity index (χ4n) is 11.4. The Balaban J connectivity index is 1.32. The maximum atomic E-state index is 13.8. The lowest BCUT2D eigenvalue weighted by Gasteiger charge is -2.58. The molecule has 12 unspecified atom stereocenters. The van der Waals surface area contributed by atoms with Crippen molar-refractivity contribution in [2.24, 2.45) is 71.0 Å². The molecule has 0 heterocycles. The summed E-state index contributed by atoms with van der Waals surface area (Å²) in [6.45, 7) is 0. The summed E-state index contributed by atoms with van der Waals surface area (Å²) >= 11 is 0. The molecular weight excluding hydrogens is 368 g/mol. The van der Waals surface area contributed by atoms with E-state index in [2.05, 4.69) is 0 Å². The first kappa shape index (κ1) is 18.9. The summed E-state index contributed by atoms with van der Waals surface area (Å²) in [5.74, 6) is 8.91. The van der Waals surface area contributed by atoms with E-state index in [1.165, 1.54) is 89.9 Å². The van der Waals surface area contributed by atoms with Gasteiger partial charge in [-0.2, -0.15) is 0 Å². The van der Waals surface area contributed by atoms with Crippen molar-refractivity contribution in [1.29, 1.82) is 0 Å². The van der Waals surface area contributed by atoms with Gasteiger partial charge in [0.1, 0.15) is 11.6 Å². The number of rotatable bonds is 0. The van der Waals surface area contributed by atoms with Crippen LogP contribution in [0.15, 0.2) is 0 Å². The third kappa shape index (κ3) is 2.38. The first-order valence-electron chi connectivity index (χ1n) is 13.8. The van der Waals surface area contributed by atoms with Crippen LogP contribution in [-0.4, -0.2) is 11.6 Å². The molecule has 0 spiro atoms. The van der Waals surface area contributed by atoms with Crippen LogP contribution in [0.25, 0.3) is 0 Å². The average Bonchev–Trinajstić information content (AvgIpc) is 3.27. The van der Waals surface area contributed by atoms with Crippen LogP contribution in [0.4, 0.5) is 0 Å². The summed E-state index contributed by atoms with van der Waals surface area (Å²) in [7, 11) is 0. The quantitative estimate of drug-likeness (QED) is 0.487. The number of Topliss-reactive ketones (excluding diaryl/α,β-unsaturated/α-hetero) is 2. The van der Waals surface area contributed by atoms with Crippen molar-refractivity contribution < 1.29 is 9.59 Å². The predicted octanol–water partition coefficient (Wildman–Crippen LogP) is 6.08. The zero-order valence-corrected chi connectivity index (χ0v) is 18.6. The second-order valence-electron chi connectivity index (χ2n) is 12.6. The van der Waals surface area contributed by atoms with Gasteiger partial charge in [0, 0.05) is 23.7 Å². The van der Waals surface area contributed by atoms with Crippen molar-refractivity contribution >= 4 is 11.6 Å². The zero-order valence-electron chi connectivity index (χ0n) is 18.6. The van der Waals surface area contributed by atoms with Gasteiger partial charge in [0.25, 0.3) is 0 Å². The van der Waals surface area contributed by atoms with Gasteiger partial charge in [-0.1, -0.05) is 38.5 Å². The molecule has 2 nitrogen and oxygen atoms in total. The van der Waals surface area contributed by atoms with Gasteiger partial charge in [-0.3, -0.25) is 9.59 Å². The van der Waals surface area contributed by atoms with E-state index in [0.717, 1.165) is 23.5 Å². The van der Waals surface area contributed by atoms with Crippen LogP contribution in [0.2, 0.25) is 0 Å². The zero-order chi connectivity index (χ0) is 20.0. The fourth-order valence-corrected chi connectivity index (χ4v) is 11.4. The van der Waals surface area contributed by atoms with Crippen LogP contribution in [0.1, 0.15) is 89.9 Å². The molecule has 0 aromatic rings. The molecule has 30 heavy (non-hydrogen) atoms. The maximum absolute atomic E-state index is 13.8. The van der Waals surface area contributed by atoms with E-state index in [9.17, 15) is 9.59 Å². The minimum atomic E-state index is 0.401. The van der Waals surface area contributed by atoms with Crippen LogP contribution < -0.4 is 0 Å². The van der Waals surface area contributed by atoms with E-state index in [1.807, 2.05) is 0 Å². The number of hydrogen-bond donors (Lipinski definition) is 0. The number of carbonyl (C=O) groups is 2. The van der Waals surface area contributed by atoms with Crippen LogP contribution in [0.3, 0.4) is 0 Å². The lowest BCUT2D eigenvalue weighted by molar-refractivity contribution is -0.141. The maximum Gasteiger partial charge on any atom is 0.139 e. The fraction of sp³-hybridized carbons (Fsp3) is 0.929. The van der Waals surface area contributed by atoms with E-state index in [-0.39, 0.29) is 0 Å². The number of fused-ring (bicyclic) bond motifs is 12. The molecule has 0 saturated heterocycles. The van der Waals surface area contributed by atoms with Crippen molar-refractivity contribution in [2.75, 3.05) is 0 Å². The molecule has 7 saturated carbocycles. The lowest BCUT2D eigenvalue weighted by atomic mass is 9.46. The second-order valence-corrected chi connectivity index (χ2v) is 12.6. The smallest absolute Gasteiger partial charge is 0.139 e. The SMILES string of the molecule is O=C1C2CCCCC2C2C1CCC1C3C4CCCCC4C(=O)C3C3CCCCC3C12. The third-order valence-electron chi connectivity index (χ3n) is 12.0. The van der Waals surface area contributed by atoms with E-state index in [0.29, 0.717) is 59.0 Å². The molecule has 0 radical (unpaired) electrons. The van der Waals surface area contributed by atoms with Crippen molar-refractivity contribution in [3.63, 3.8) is 0 Å². The predicted molar refractivity (Wildman–Crippen MR) is 117 cm³/mol. The van der Waals surface area contributed by atoms with Gasteiger partial charge in [0.15, 0.2) is 0 Å². The monoisotopic (exact) mass is 408 g/mol. The molecule has 0 aromatic heterocycles. The Bertz CT molecular complexity index is 737. The Labute approximate surface area is 182 Å². The molecule has 0 amide bonds. The molecule has 7 rings (SSSR count). The second kappa shape index (κ2) is 6.92. The van der Waals surface area contributed by atoms with E-state index < -0.39 is 0 Å². The third-order valence-corrected chi connectivity index (χ3v) is 12.0. The highest BCUT2D eigenvalue weighted by atomic mass is 16.1. The van der Waals surface area contributed by atoms with E-state index in [4.69, 9.17) is 0 Å². The largest absolute Gasteiger partial charge is 0.299 e. The lowest BCUT2D eigenvalue weighted by Crippen LogP contribution is -2.54. The first-order chi connectivity index (χ1) is 14.8. The van der Waals surface area contributed by atoms with Crippen molar-refractivity contribution in [3.05, 3.63) is 0 Å². The Hall–Kier alpha value is -0.660. The summed E-state index contributed by atoms with van der Waals surface area (Å²) in [6.07, 6.45) is 18.2. The van der Waals surface area contributed by atoms with Crippen molar-refractivity contribution in [2.45, 2.75) is 89.9 Å². The highest BCUT2D eigenvalue weighted by Gasteiger charge is 2.66. The van der Waals surface area contributed by atoms with Gasteiger partial charge in [0.05, 0.1) is 0 Å². The minimum absolute atomic E-state index is 0.401. The van der Waals surface area contributed by atoms with E-state index >= 15 is 0 Å². The molecule has 7 aliphatic carbocycles. The van der Waals surface area contributed by atoms with Crippen LogP contribution >= 0.6 is 0 Å². The Morgan fingerprint density at radius 2 is 0.967 bits per heavy atom. The molecular formula is C28H40O2. The first-order valence-corrected chi connectivity index (χ1v) is 13.8. The van der Waals surface area contributed by atoms with Crippen LogP contribution in [-0.2, 0) is 9.59 Å². The molecule has 2 heteroatoms. The van der Waals surface area contributed by atoms with Gasteiger partial charge >= 0.3 is 0 Å². The minimum Gasteiger partial charge on any atom is -0.299 e. The molecule has 0 N–H and O–H groups in total. The molecule has 7 aliphatic rings. The van der Waals surface area contributed by atoms with Crippen molar-refractivity contribution in [3.8, 4) is 0 Å². The van der Waals surface area contributed by atoms with Crippen LogP contribution in [0.5, 0.6) is 0 Å². The molecule has 12 atom stereocenters. The standard InChI is InChI=1S/C28H40O2/c29-27-19-11-5-3-9-17(19)25-22(27)14-13-21-23(25)15-7-1-2-8-16(15)26-24(21)18-10-4-6-12-20(18)28(26)30/h15-26H,1-14H2. The number of ketones is 2.